The van der Waals surface area contributed by atoms with Crippen LogP contribution in [-0.2, 0) is 5.88 Å². The zero-order chi connectivity index (χ0) is 5.82. The first-order valence-corrected chi connectivity index (χ1v) is 3.11. The second-order valence-electron chi connectivity index (χ2n) is 1.53. The molecule has 0 radical (unpaired) electrons. The van der Waals surface area contributed by atoms with Gasteiger partial charge in [0.15, 0.2) is 18.3 Å². The third-order valence-electron chi connectivity index (χ3n) is 0.941. The monoisotopic (exact) mass is 126 g/mol. The van der Waals surface area contributed by atoms with Gasteiger partial charge in [-0.05, 0) is 0 Å². The molecular weight excluding hydrogens is 118 g/mol. The van der Waals surface area contributed by atoms with E-state index < -0.39 is 0 Å². The van der Waals surface area contributed by atoms with Crippen molar-refractivity contribution in [3.05, 3.63) is 30.6 Å². The fourth-order valence-electron chi connectivity index (χ4n) is 0.529. The standard InChI is InChI=1S/C6H7NS/c8-6-7-4-2-1-3-5-7/h1-5H,6H2/p+1. The quantitative estimate of drug-likeness (QED) is 0.420. The van der Waals surface area contributed by atoms with E-state index in [1.165, 1.54) is 0 Å². The Hall–Kier alpha value is -0.500. The van der Waals surface area contributed by atoms with Crippen LogP contribution in [-0.4, -0.2) is 0 Å². The number of pyridine rings is 1. The molecule has 0 aliphatic heterocycles. The zero-order valence-corrected chi connectivity index (χ0v) is 5.38. The molecule has 1 nitrogen and oxygen atoms in total. The summed E-state index contributed by atoms with van der Waals surface area (Å²) in [6, 6.07) is 5.95. The van der Waals surface area contributed by atoms with Crippen molar-refractivity contribution in [1.82, 2.24) is 0 Å². The van der Waals surface area contributed by atoms with Crippen LogP contribution in [0.2, 0.25) is 0 Å². The van der Waals surface area contributed by atoms with Crippen molar-refractivity contribution in [1.29, 1.82) is 0 Å². The Labute approximate surface area is 54.4 Å². The molecule has 0 aromatic carbocycles. The lowest BCUT2D eigenvalue weighted by atomic mass is 10.5. The molecular formula is C6H8NS+. The van der Waals surface area contributed by atoms with Crippen LogP contribution in [0.3, 0.4) is 0 Å². The van der Waals surface area contributed by atoms with E-state index in [0.29, 0.717) is 0 Å². The molecule has 1 heterocycles. The summed E-state index contributed by atoms with van der Waals surface area (Å²) < 4.78 is 1.99. The summed E-state index contributed by atoms with van der Waals surface area (Å²) in [7, 11) is 0. The van der Waals surface area contributed by atoms with Gasteiger partial charge in [0.25, 0.3) is 0 Å². The molecule has 8 heavy (non-hydrogen) atoms. The molecule has 0 aliphatic carbocycles. The van der Waals surface area contributed by atoms with Gasteiger partial charge in [0, 0.05) is 12.1 Å². The van der Waals surface area contributed by atoms with Gasteiger partial charge in [-0.3, -0.25) is 0 Å². The molecule has 0 bridgehead atoms. The first-order valence-electron chi connectivity index (χ1n) is 2.48. The van der Waals surface area contributed by atoms with Gasteiger partial charge in [-0.15, -0.1) is 12.6 Å². The van der Waals surface area contributed by atoms with Gasteiger partial charge in [0.05, 0.1) is 0 Å². The molecule has 2 heteroatoms. The fraction of sp³-hybridized carbons (Fsp3) is 0.167. The van der Waals surface area contributed by atoms with E-state index in [2.05, 4.69) is 12.6 Å². The van der Waals surface area contributed by atoms with E-state index in [-0.39, 0.29) is 0 Å². The molecule has 0 aliphatic rings. The van der Waals surface area contributed by atoms with Crippen LogP contribution in [0.5, 0.6) is 0 Å². The van der Waals surface area contributed by atoms with Crippen molar-refractivity contribution in [2.45, 2.75) is 5.88 Å². The van der Waals surface area contributed by atoms with Crippen LogP contribution >= 0.6 is 12.6 Å². The van der Waals surface area contributed by atoms with Gasteiger partial charge in [-0.2, -0.15) is 4.57 Å². The van der Waals surface area contributed by atoms with E-state index in [1.54, 1.807) is 0 Å². The van der Waals surface area contributed by atoms with Crippen molar-refractivity contribution < 1.29 is 4.57 Å². The smallest absolute Gasteiger partial charge is 0.191 e. The fourth-order valence-corrected chi connectivity index (χ4v) is 0.717. The average molecular weight is 126 g/mol. The van der Waals surface area contributed by atoms with Crippen LogP contribution in [0.1, 0.15) is 0 Å². The van der Waals surface area contributed by atoms with Gasteiger partial charge >= 0.3 is 0 Å². The highest BCUT2D eigenvalue weighted by Gasteiger charge is 1.86. The second kappa shape index (κ2) is 2.72. The number of thiol groups is 1. The molecule has 1 rings (SSSR count). The Balaban J connectivity index is 2.83. The van der Waals surface area contributed by atoms with E-state index >= 15 is 0 Å². The van der Waals surface area contributed by atoms with Crippen molar-refractivity contribution in [2.24, 2.45) is 0 Å². The van der Waals surface area contributed by atoms with Crippen LogP contribution in [0, 0.1) is 0 Å². The molecule has 0 amide bonds. The van der Waals surface area contributed by atoms with Crippen LogP contribution in [0.25, 0.3) is 0 Å². The van der Waals surface area contributed by atoms with Crippen molar-refractivity contribution in [3.8, 4) is 0 Å². The second-order valence-corrected chi connectivity index (χ2v) is 1.81. The summed E-state index contributed by atoms with van der Waals surface area (Å²) in [5, 5.41) is 0. The van der Waals surface area contributed by atoms with E-state index in [0.717, 1.165) is 5.88 Å². The molecule has 0 saturated carbocycles. The Morgan fingerprint density at radius 3 is 2.12 bits per heavy atom. The van der Waals surface area contributed by atoms with Gasteiger partial charge in [-0.1, -0.05) is 6.07 Å². The Bertz CT molecular complexity index is 150. The van der Waals surface area contributed by atoms with Gasteiger partial charge in [-0.25, -0.2) is 0 Å². The Morgan fingerprint density at radius 1 is 1.12 bits per heavy atom. The highest BCUT2D eigenvalue weighted by atomic mass is 32.1. The first-order chi connectivity index (χ1) is 3.93. The summed E-state index contributed by atoms with van der Waals surface area (Å²) in [4.78, 5) is 0. The van der Waals surface area contributed by atoms with E-state index in [9.17, 15) is 0 Å². The van der Waals surface area contributed by atoms with Crippen molar-refractivity contribution in [2.75, 3.05) is 0 Å². The number of hydrogen-bond donors (Lipinski definition) is 1. The maximum atomic E-state index is 4.07. The Kier molecular flexibility index (Phi) is 1.92. The zero-order valence-electron chi connectivity index (χ0n) is 4.49. The lowest BCUT2D eigenvalue weighted by molar-refractivity contribution is -0.675. The number of hydrogen-bond acceptors (Lipinski definition) is 1. The highest BCUT2D eigenvalue weighted by molar-refractivity contribution is 7.78. The lowest BCUT2D eigenvalue weighted by Crippen LogP contribution is -2.28. The number of rotatable bonds is 1. The summed E-state index contributed by atoms with van der Waals surface area (Å²) in [5.74, 6) is 0.751. The third-order valence-corrected chi connectivity index (χ3v) is 1.27. The molecule has 42 valence electrons. The molecule has 1 aromatic rings. The largest absolute Gasteiger partial charge is 0.196 e. The Morgan fingerprint density at radius 2 is 1.75 bits per heavy atom. The maximum absolute atomic E-state index is 4.07. The SMILES string of the molecule is SC[n+]1ccccc1. The summed E-state index contributed by atoms with van der Waals surface area (Å²) >= 11 is 4.07. The van der Waals surface area contributed by atoms with Crippen LogP contribution in [0.15, 0.2) is 30.6 Å². The topological polar surface area (TPSA) is 3.88 Å². The molecule has 0 fully saturated rings. The highest BCUT2D eigenvalue weighted by Crippen LogP contribution is 1.77. The molecule has 0 atom stereocenters. The predicted molar refractivity (Wildman–Crippen MR) is 35.6 cm³/mol. The van der Waals surface area contributed by atoms with E-state index in [1.807, 2.05) is 35.2 Å². The minimum atomic E-state index is 0.751. The van der Waals surface area contributed by atoms with Gasteiger partial charge in [0.2, 0.25) is 0 Å². The molecule has 0 N–H and O–H groups in total. The van der Waals surface area contributed by atoms with Gasteiger partial charge < -0.3 is 0 Å². The molecule has 0 saturated heterocycles. The minimum absolute atomic E-state index is 0.751. The summed E-state index contributed by atoms with van der Waals surface area (Å²) in [5.41, 5.74) is 0. The average Bonchev–Trinajstić information content (AvgIpc) is 1.90. The third kappa shape index (κ3) is 1.23. The predicted octanol–water partition coefficient (Wildman–Crippen LogP) is 0.861. The molecule has 1 aromatic heterocycles. The van der Waals surface area contributed by atoms with Crippen molar-refractivity contribution in [3.63, 3.8) is 0 Å². The first kappa shape index (κ1) is 5.63. The van der Waals surface area contributed by atoms with E-state index in [4.69, 9.17) is 0 Å². The maximum Gasteiger partial charge on any atom is 0.191 e. The normalized spacial score (nSPS) is 9.12. The molecule has 0 spiro atoms. The minimum Gasteiger partial charge on any atom is -0.196 e. The number of aromatic nitrogens is 1. The number of nitrogens with zero attached hydrogens (tertiary/aromatic N) is 1. The van der Waals surface area contributed by atoms with Gasteiger partial charge in [0.1, 0.15) is 0 Å². The molecule has 0 unspecified atom stereocenters. The lowest BCUT2D eigenvalue weighted by Gasteiger charge is -1.84. The van der Waals surface area contributed by atoms with Crippen LogP contribution in [0.4, 0.5) is 0 Å². The summed E-state index contributed by atoms with van der Waals surface area (Å²) in [6.07, 6.45) is 3.96. The van der Waals surface area contributed by atoms with Crippen LogP contribution < -0.4 is 4.57 Å². The van der Waals surface area contributed by atoms with Crippen molar-refractivity contribution >= 4 is 12.6 Å². The summed E-state index contributed by atoms with van der Waals surface area (Å²) in [6.45, 7) is 0.